The molecule has 0 unspecified atom stereocenters. The van der Waals surface area contributed by atoms with Crippen molar-refractivity contribution in [2.75, 3.05) is 43.5 Å². The van der Waals surface area contributed by atoms with Crippen LogP contribution in [0.25, 0.3) is 0 Å². The van der Waals surface area contributed by atoms with Gasteiger partial charge in [-0.1, -0.05) is 6.92 Å². The van der Waals surface area contributed by atoms with Gasteiger partial charge in [0.05, 0.1) is 19.8 Å². The standard InChI is InChI=1S/C10H17N5O2/c1-2-5-17-10-13-8(11)12-9(14-10)15-3-6-16-7-4-15/h2-7H2,1H3,(H2,11,12,13,14). The summed E-state index contributed by atoms with van der Waals surface area (Å²) in [6.45, 7) is 5.47. The zero-order valence-corrected chi connectivity index (χ0v) is 9.93. The Labute approximate surface area is 100.0 Å². The second-order valence-corrected chi connectivity index (χ2v) is 3.72. The van der Waals surface area contributed by atoms with Crippen molar-refractivity contribution in [3.8, 4) is 6.01 Å². The molecule has 0 radical (unpaired) electrons. The number of hydrogen-bond acceptors (Lipinski definition) is 7. The first kappa shape index (κ1) is 11.8. The smallest absolute Gasteiger partial charge is 0.323 e. The Hall–Kier alpha value is -1.63. The highest BCUT2D eigenvalue weighted by molar-refractivity contribution is 5.36. The summed E-state index contributed by atoms with van der Waals surface area (Å²) in [5.41, 5.74) is 5.64. The summed E-state index contributed by atoms with van der Waals surface area (Å²) in [4.78, 5) is 14.3. The van der Waals surface area contributed by atoms with E-state index in [-0.39, 0.29) is 5.95 Å². The van der Waals surface area contributed by atoms with Gasteiger partial charge in [-0.15, -0.1) is 0 Å². The zero-order chi connectivity index (χ0) is 12.1. The molecule has 0 saturated carbocycles. The molecule has 1 saturated heterocycles. The number of morpholine rings is 1. The zero-order valence-electron chi connectivity index (χ0n) is 9.93. The Balaban J connectivity index is 2.12. The summed E-state index contributed by atoms with van der Waals surface area (Å²) in [5, 5.41) is 0. The van der Waals surface area contributed by atoms with Crippen molar-refractivity contribution in [1.82, 2.24) is 15.0 Å². The van der Waals surface area contributed by atoms with Gasteiger partial charge >= 0.3 is 6.01 Å². The summed E-state index contributed by atoms with van der Waals surface area (Å²) in [7, 11) is 0. The topological polar surface area (TPSA) is 86.4 Å². The van der Waals surface area contributed by atoms with Crippen LogP contribution in [0.15, 0.2) is 0 Å². The van der Waals surface area contributed by atoms with Gasteiger partial charge in [-0.3, -0.25) is 0 Å². The molecule has 2 N–H and O–H groups in total. The van der Waals surface area contributed by atoms with Crippen LogP contribution < -0.4 is 15.4 Å². The summed E-state index contributed by atoms with van der Waals surface area (Å²) in [6, 6.07) is 0.292. The fourth-order valence-electron chi connectivity index (χ4n) is 1.52. The number of nitrogens with zero attached hydrogens (tertiary/aromatic N) is 4. The van der Waals surface area contributed by atoms with Gasteiger partial charge in [-0.05, 0) is 6.42 Å². The van der Waals surface area contributed by atoms with Gasteiger partial charge in [0.1, 0.15) is 0 Å². The maximum atomic E-state index is 5.64. The second kappa shape index (κ2) is 5.62. The first-order valence-corrected chi connectivity index (χ1v) is 5.76. The molecule has 0 aliphatic carbocycles. The van der Waals surface area contributed by atoms with Crippen molar-refractivity contribution in [3.63, 3.8) is 0 Å². The molecule has 0 amide bonds. The molecule has 0 spiro atoms. The Morgan fingerprint density at radius 1 is 1.29 bits per heavy atom. The van der Waals surface area contributed by atoms with Crippen LogP contribution in [0, 0.1) is 0 Å². The van der Waals surface area contributed by atoms with Crippen molar-refractivity contribution >= 4 is 11.9 Å². The molecule has 1 aromatic heterocycles. The highest BCUT2D eigenvalue weighted by atomic mass is 16.5. The van der Waals surface area contributed by atoms with Crippen LogP contribution >= 0.6 is 0 Å². The van der Waals surface area contributed by atoms with E-state index < -0.39 is 0 Å². The summed E-state index contributed by atoms with van der Waals surface area (Å²) < 4.78 is 10.6. The van der Waals surface area contributed by atoms with Gasteiger partial charge in [0, 0.05) is 13.1 Å². The Kier molecular flexibility index (Phi) is 3.92. The van der Waals surface area contributed by atoms with E-state index in [0.29, 0.717) is 31.8 Å². The summed E-state index contributed by atoms with van der Waals surface area (Å²) in [5.74, 6) is 0.750. The van der Waals surface area contributed by atoms with E-state index in [2.05, 4.69) is 15.0 Å². The molecular formula is C10H17N5O2. The number of aromatic nitrogens is 3. The van der Waals surface area contributed by atoms with Crippen LogP contribution in [0.1, 0.15) is 13.3 Å². The lowest BCUT2D eigenvalue weighted by Gasteiger charge is -2.26. The van der Waals surface area contributed by atoms with Gasteiger partial charge in [0.2, 0.25) is 11.9 Å². The lowest BCUT2D eigenvalue weighted by molar-refractivity contribution is 0.122. The molecule has 1 aliphatic rings. The Morgan fingerprint density at radius 2 is 2.06 bits per heavy atom. The predicted octanol–water partition coefficient (Wildman–Crippen LogP) is 0.0792. The molecule has 7 heteroatoms. The lowest BCUT2D eigenvalue weighted by atomic mass is 10.4. The third kappa shape index (κ3) is 3.16. The van der Waals surface area contributed by atoms with Crippen LogP contribution in [0.5, 0.6) is 6.01 Å². The van der Waals surface area contributed by atoms with Crippen LogP contribution in [0.3, 0.4) is 0 Å². The SMILES string of the molecule is CCCOc1nc(N)nc(N2CCOCC2)n1. The van der Waals surface area contributed by atoms with Crippen molar-refractivity contribution in [1.29, 1.82) is 0 Å². The number of ether oxygens (including phenoxy) is 2. The minimum absolute atomic E-state index is 0.188. The molecule has 2 rings (SSSR count). The largest absolute Gasteiger partial charge is 0.463 e. The van der Waals surface area contributed by atoms with Crippen LogP contribution in [-0.4, -0.2) is 47.9 Å². The normalized spacial score (nSPS) is 15.9. The lowest BCUT2D eigenvalue weighted by Crippen LogP contribution is -2.37. The van der Waals surface area contributed by atoms with Crippen molar-refractivity contribution < 1.29 is 9.47 Å². The minimum atomic E-state index is 0.188. The quantitative estimate of drug-likeness (QED) is 0.796. The minimum Gasteiger partial charge on any atom is -0.463 e. The first-order valence-electron chi connectivity index (χ1n) is 5.76. The van der Waals surface area contributed by atoms with Crippen LogP contribution in [0.2, 0.25) is 0 Å². The molecule has 1 aliphatic heterocycles. The molecule has 0 atom stereocenters. The molecule has 0 aromatic carbocycles. The molecule has 1 fully saturated rings. The monoisotopic (exact) mass is 239 g/mol. The average molecular weight is 239 g/mol. The molecular weight excluding hydrogens is 222 g/mol. The van der Waals surface area contributed by atoms with Crippen molar-refractivity contribution in [2.45, 2.75) is 13.3 Å². The highest BCUT2D eigenvalue weighted by Gasteiger charge is 2.16. The predicted molar refractivity (Wildman–Crippen MR) is 63.1 cm³/mol. The van der Waals surface area contributed by atoms with Gasteiger partial charge in [0.15, 0.2) is 0 Å². The van der Waals surface area contributed by atoms with Crippen LogP contribution in [-0.2, 0) is 4.74 Å². The maximum absolute atomic E-state index is 5.64. The number of anilines is 2. The molecule has 0 bridgehead atoms. The third-order valence-electron chi connectivity index (χ3n) is 2.35. The Bertz CT molecular complexity index is 368. The van der Waals surface area contributed by atoms with E-state index in [1.54, 1.807) is 0 Å². The van der Waals surface area contributed by atoms with E-state index in [1.165, 1.54) is 0 Å². The Morgan fingerprint density at radius 3 is 2.76 bits per heavy atom. The highest BCUT2D eigenvalue weighted by Crippen LogP contribution is 2.14. The van der Waals surface area contributed by atoms with Crippen molar-refractivity contribution in [2.24, 2.45) is 0 Å². The first-order chi connectivity index (χ1) is 8.29. The molecule has 94 valence electrons. The van der Waals surface area contributed by atoms with Gasteiger partial charge in [-0.25, -0.2) is 0 Å². The number of rotatable bonds is 4. The number of nitrogen functional groups attached to an aromatic ring is 1. The maximum Gasteiger partial charge on any atom is 0.323 e. The van der Waals surface area contributed by atoms with Crippen LogP contribution in [0.4, 0.5) is 11.9 Å². The van der Waals surface area contributed by atoms with E-state index in [1.807, 2.05) is 11.8 Å². The van der Waals surface area contributed by atoms with Gasteiger partial charge in [0.25, 0.3) is 0 Å². The number of hydrogen-bond donors (Lipinski definition) is 1. The molecule has 17 heavy (non-hydrogen) atoms. The average Bonchev–Trinajstić information content (AvgIpc) is 2.37. The second-order valence-electron chi connectivity index (χ2n) is 3.72. The molecule has 1 aromatic rings. The fraction of sp³-hybridized carbons (Fsp3) is 0.700. The van der Waals surface area contributed by atoms with E-state index in [9.17, 15) is 0 Å². The summed E-state index contributed by atoms with van der Waals surface area (Å²) >= 11 is 0. The molecule has 2 heterocycles. The van der Waals surface area contributed by atoms with Gasteiger partial charge < -0.3 is 20.1 Å². The number of nitrogens with two attached hydrogens (primary N) is 1. The third-order valence-corrected chi connectivity index (χ3v) is 2.35. The van der Waals surface area contributed by atoms with E-state index >= 15 is 0 Å². The van der Waals surface area contributed by atoms with E-state index in [0.717, 1.165) is 19.5 Å². The van der Waals surface area contributed by atoms with Crippen molar-refractivity contribution in [3.05, 3.63) is 0 Å². The fourth-order valence-corrected chi connectivity index (χ4v) is 1.52. The van der Waals surface area contributed by atoms with E-state index in [4.69, 9.17) is 15.2 Å². The molecule has 7 nitrogen and oxygen atoms in total. The van der Waals surface area contributed by atoms with Gasteiger partial charge in [-0.2, -0.15) is 15.0 Å². The summed E-state index contributed by atoms with van der Waals surface area (Å²) in [6.07, 6.45) is 0.901.